The highest BCUT2D eigenvalue weighted by atomic mass is 19.4. The SMILES string of the molecule is CN1CCOC(OCC(F)(F)F)C1. The molecule has 1 atom stereocenters. The summed E-state index contributed by atoms with van der Waals surface area (Å²) in [7, 11) is 1.81. The second-order valence-corrected chi connectivity index (χ2v) is 2.99. The van der Waals surface area contributed by atoms with Crippen LogP contribution in [0.4, 0.5) is 13.2 Å². The van der Waals surface area contributed by atoms with Crippen molar-refractivity contribution in [1.82, 2.24) is 4.90 Å². The Kier molecular flexibility index (Phi) is 3.52. The number of ether oxygens (including phenoxy) is 2. The lowest BCUT2D eigenvalue weighted by molar-refractivity contribution is -0.241. The van der Waals surface area contributed by atoms with Gasteiger partial charge >= 0.3 is 6.18 Å². The van der Waals surface area contributed by atoms with Crippen LogP contribution in [0.5, 0.6) is 0 Å². The topological polar surface area (TPSA) is 21.7 Å². The Balaban J connectivity index is 2.21. The zero-order valence-electron chi connectivity index (χ0n) is 7.30. The minimum atomic E-state index is -4.28. The summed E-state index contributed by atoms with van der Waals surface area (Å²) in [6.07, 6.45) is -5.03. The molecular weight excluding hydrogens is 187 g/mol. The quantitative estimate of drug-likeness (QED) is 0.658. The highest BCUT2D eigenvalue weighted by Gasteiger charge is 2.30. The molecule has 1 aliphatic heterocycles. The molecule has 0 aromatic carbocycles. The van der Waals surface area contributed by atoms with Crippen molar-refractivity contribution in [3.05, 3.63) is 0 Å². The monoisotopic (exact) mass is 199 g/mol. The van der Waals surface area contributed by atoms with Crippen molar-refractivity contribution < 1.29 is 22.6 Å². The number of nitrogens with zero attached hydrogens (tertiary/aromatic N) is 1. The Labute approximate surface area is 74.4 Å². The number of halogens is 3. The van der Waals surface area contributed by atoms with Crippen molar-refractivity contribution in [2.24, 2.45) is 0 Å². The van der Waals surface area contributed by atoms with Crippen molar-refractivity contribution >= 4 is 0 Å². The molecule has 0 bridgehead atoms. The van der Waals surface area contributed by atoms with E-state index in [0.29, 0.717) is 13.2 Å². The third kappa shape index (κ3) is 4.44. The van der Waals surface area contributed by atoms with Gasteiger partial charge in [0.1, 0.15) is 6.61 Å². The standard InChI is InChI=1S/C7H12F3NO2/c1-11-2-3-12-6(4-11)13-5-7(8,9)10/h6H,2-5H2,1H3. The first-order valence-corrected chi connectivity index (χ1v) is 3.96. The van der Waals surface area contributed by atoms with E-state index in [0.717, 1.165) is 6.54 Å². The number of hydrogen-bond donors (Lipinski definition) is 0. The van der Waals surface area contributed by atoms with E-state index in [4.69, 9.17) is 4.74 Å². The Morgan fingerprint density at radius 3 is 2.77 bits per heavy atom. The van der Waals surface area contributed by atoms with Gasteiger partial charge in [-0.3, -0.25) is 4.90 Å². The molecule has 78 valence electrons. The van der Waals surface area contributed by atoms with Crippen molar-refractivity contribution in [3.63, 3.8) is 0 Å². The summed E-state index contributed by atoms with van der Waals surface area (Å²) < 4.78 is 44.6. The molecule has 0 aliphatic carbocycles. The van der Waals surface area contributed by atoms with Crippen LogP contribution in [0.25, 0.3) is 0 Å². The molecule has 0 radical (unpaired) electrons. The number of likely N-dealkylation sites (N-methyl/N-ethyl adjacent to an activating group) is 1. The maximum absolute atomic E-state index is 11.7. The molecule has 0 amide bonds. The zero-order chi connectivity index (χ0) is 9.90. The van der Waals surface area contributed by atoms with Crippen LogP contribution in [0.3, 0.4) is 0 Å². The van der Waals surface area contributed by atoms with Gasteiger partial charge < -0.3 is 9.47 Å². The predicted molar refractivity (Wildman–Crippen MR) is 39.2 cm³/mol. The molecule has 1 aliphatic rings. The van der Waals surface area contributed by atoms with Gasteiger partial charge in [0.25, 0.3) is 0 Å². The van der Waals surface area contributed by atoms with Crippen LogP contribution in [0.15, 0.2) is 0 Å². The average Bonchev–Trinajstić information content (AvgIpc) is 2.00. The van der Waals surface area contributed by atoms with E-state index < -0.39 is 19.1 Å². The van der Waals surface area contributed by atoms with E-state index in [1.165, 1.54) is 0 Å². The van der Waals surface area contributed by atoms with Gasteiger partial charge in [-0.2, -0.15) is 13.2 Å². The molecule has 1 unspecified atom stereocenters. The average molecular weight is 199 g/mol. The second-order valence-electron chi connectivity index (χ2n) is 2.99. The predicted octanol–water partition coefficient (Wildman–Crippen LogP) is 0.853. The minimum absolute atomic E-state index is 0.385. The van der Waals surface area contributed by atoms with E-state index in [1.54, 1.807) is 0 Å². The van der Waals surface area contributed by atoms with Gasteiger partial charge in [0.2, 0.25) is 0 Å². The molecule has 6 heteroatoms. The first-order valence-electron chi connectivity index (χ1n) is 3.96. The Morgan fingerprint density at radius 2 is 2.23 bits per heavy atom. The molecule has 3 nitrogen and oxygen atoms in total. The lowest BCUT2D eigenvalue weighted by Crippen LogP contribution is -2.42. The van der Waals surface area contributed by atoms with Crippen LogP contribution in [0.1, 0.15) is 0 Å². The number of hydrogen-bond acceptors (Lipinski definition) is 3. The smallest absolute Gasteiger partial charge is 0.350 e. The van der Waals surface area contributed by atoms with Gasteiger partial charge in [-0.1, -0.05) is 0 Å². The fourth-order valence-electron chi connectivity index (χ4n) is 1.03. The van der Waals surface area contributed by atoms with Crippen molar-refractivity contribution in [1.29, 1.82) is 0 Å². The molecule has 13 heavy (non-hydrogen) atoms. The van der Waals surface area contributed by atoms with E-state index in [2.05, 4.69) is 4.74 Å². The maximum atomic E-state index is 11.7. The van der Waals surface area contributed by atoms with E-state index in [1.807, 2.05) is 11.9 Å². The molecule has 1 heterocycles. The van der Waals surface area contributed by atoms with E-state index >= 15 is 0 Å². The fourth-order valence-corrected chi connectivity index (χ4v) is 1.03. The molecule has 1 rings (SSSR count). The van der Waals surface area contributed by atoms with Crippen LogP contribution in [-0.4, -0.2) is 50.7 Å². The summed E-state index contributed by atoms with van der Waals surface area (Å²) in [5.41, 5.74) is 0. The number of rotatable bonds is 2. The van der Waals surface area contributed by atoms with E-state index in [-0.39, 0.29) is 0 Å². The summed E-state index contributed by atoms with van der Waals surface area (Å²) in [6, 6.07) is 0. The fraction of sp³-hybridized carbons (Fsp3) is 1.00. The van der Waals surface area contributed by atoms with Gasteiger partial charge in [0, 0.05) is 13.1 Å². The highest BCUT2D eigenvalue weighted by Crippen LogP contribution is 2.16. The third-order valence-electron chi connectivity index (χ3n) is 1.67. The normalized spacial score (nSPS) is 26.3. The molecular formula is C7H12F3NO2. The second kappa shape index (κ2) is 4.26. The summed E-state index contributed by atoms with van der Waals surface area (Å²) in [6.45, 7) is 0.284. The lowest BCUT2D eigenvalue weighted by atomic mass is 10.4. The summed E-state index contributed by atoms with van der Waals surface area (Å²) >= 11 is 0. The van der Waals surface area contributed by atoms with Crippen LogP contribution < -0.4 is 0 Å². The first-order chi connectivity index (χ1) is 5.97. The maximum Gasteiger partial charge on any atom is 0.411 e. The minimum Gasteiger partial charge on any atom is -0.350 e. The van der Waals surface area contributed by atoms with Crippen molar-refractivity contribution in [2.45, 2.75) is 12.5 Å². The largest absolute Gasteiger partial charge is 0.411 e. The molecule has 0 spiro atoms. The summed E-state index contributed by atoms with van der Waals surface area (Å²) in [5, 5.41) is 0. The molecule has 1 saturated heterocycles. The van der Waals surface area contributed by atoms with Crippen LogP contribution in [0.2, 0.25) is 0 Å². The molecule has 0 aromatic heterocycles. The van der Waals surface area contributed by atoms with Gasteiger partial charge in [0.15, 0.2) is 6.29 Å². The van der Waals surface area contributed by atoms with Crippen molar-refractivity contribution in [3.8, 4) is 0 Å². The number of alkyl halides is 3. The highest BCUT2D eigenvalue weighted by molar-refractivity contribution is 4.61. The Morgan fingerprint density at radius 1 is 1.54 bits per heavy atom. The first kappa shape index (κ1) is 10.7. The molecule has 0 aromatic rings. The zero-order valence-corrected chi connectivity index (χ0v) is 7.30. The van der Waals surface area contributed by atoms with Crippen LogP contribution >= 0.6 is 0 Å². The molecule has 0 saturated carbocycles. The summed E-state index contributed by atoms with van der Waals surface area (Å²) in [4.78, 5) is 1.87. The Hall–Kier alpha value is -0.330. The van der Waals surface area contributed by atoms with Crippen molar-refractivity contribution in [2.75, 3.05) is 33.4 Å². The van der Waals surface area contributed by atoms with Crippen LogP contribution in [0, 0.1) is 0 Å². The van der Waals surface area contributed by atoms with Crippen LogP contribution in [-0.2, 0) is 9.47 Å². The van der Waals surface area contributed by atoms with Gasteiger partial charge in [-0.25, -0.2) is 0 Å². The summed E-state index contributed by atoms with van der Waals surface area (Å²) in [5.74, 6) is 0. The molecule has 1 fully saturated rings. The molecule has 0 N–H and O–H groups in total. The number of morpholine rings is 1. The lowest BCUT2D eigenvalue weighted by Gasteiger charge is -2.29. The third-order valence-corrected chi connectivity index (χ3v) is 1.67. The van der Waals surface area contributed by atoms with Gasteiger partial charge in [-0.15, -0.1) is 0 Å². The van der Waals surface area contributed by atoms with Gasteiger partial charge in [0.05, 0.1) is 6.61 Å². The Bertz CT molecular complexity index is 162. The van der Waals surface area contributed by atoms with E-state index in [9.17, 15) is 13.2 Å². The van der Waals surface area contributed by atoms with Gasteiger partial charge in [-0.05, 0) is 7.05 Å².